The van der Waals surface area contributed by atoms with Crippen LogP contribution in [0.5, 0.6) is 0 Å². The molecule has 1 heterocycles. The monoisotopic (exact) mass is 426 g/mol. The number of sulfonamides is 1. The molecule has 0 aliphatic heterocycles. The van der Waals surface area contributed by atoms with E-state index in [2.05, 4.69) is 31.0 Å². The number of amides is 1. The van der Waals surface area contributed by atoms with Crippen molar-refractivity contribution in [3.63, 3.8) is 0 Å². The predicted molar refractivity (Wildman–Crippen MR) is 101 cm³/mol. The predicted octanol–water partition coefficient (Wildman–Crippen LogP) is 2.35. The third-order valence-electron chi connectivity index (χ3n) is 3.44. The Bertz CT molecular complexity index is 900. The van der Waals surface area contributed by atoms with Crippen molar-refractivity contribution in [1.29, 1.82) is 0 Å². The second kappa shape index (κ2) is 7.94. The first-order chi connectivity index (χ1) is 11.7. The summed E-state index contributed by atoms with van der Waals surface area (Å²) in [5.41, 5.74) is 8.36. The van der Waals surface area contributed by atoms with E-state index in [4.69, 9.17) is 5.73 Å². The number of halogens is 1. The van der Waals surface area contributed by atoms with Crippen LogP contribution in [-0.4, -0.2) is 25.9 Å². The van der Waals surface area contributed by atoms with Crippen LogP contribution < -0.4 is 15.8 Å². The molecule has 0 fully saturated rings. The molecule has 7 nitrogen and oxygen atoms in total. The molecule has 0 saturated carbocycles. The van der Waals surface area contributed by atoms with Crippen LogP contribution in [0.4, 0.5) is 11.5 Å². The Kier molecular flexibility index (Phi) is 6.15. The van der Waals surface area contributed by atoms with Crippen LogP contribution in [0.3, 0.4) is 0 Å². The number of carbonyl (C=O) groups is 1. The summed E-state index contributed by atoms with van der Waals surface area (Å²) in [5, 5.41) is 2.77. The fourth-order valence-corrected chi connectivity index (χ4v) is 3.81. The van der Waals surface area contributed by atoms with Gasteiger partial charge in [-0.15, -0.1) is 0 Å². The number of hydrogen-bond donors (Lipinski definition) is 3. The van der Waals surface area contributed by atoms with Crippen LogP contribution in [0.1, 0.15) is 17.5 Å². The van der Waals surface area contributed by atoms with Crippen LogP contribution in [0, 0.1) is 13.8 Å². The second-order valence-corrected chi connectivity index (χ2v) is 8.20. The van der Waals surface area contributed by atoms with E-state index in [9.17, 15) is 13.2 Å². The Balaban J connectivity index is 1.95. The number of aryl methyl sites for hydroxylation is 2. The summed E-state index contributed by atoms with van der Waals surface area (Å²) in [4.78, 5) is 15.7. The molecule has 0 aliphatic carbocycles. The molecule has 1 amide bonds. The molecule has 2 aromatic rings. The summed E-state index contributed by atoms with van der Waals surface area (Å²) in [6.07, 6.45) is 1.40. The van der Waals surface area contributed by atoms with Crippen molar-refractivity contribution in [2.75, 3.05) is 17.6 Å². The van der Waals surface area contributed by atoms with Gasteiger partial charge in [0, 0.05) is 29.3 Å². The summed E-state index contributed by atoms with van der Waals surface area (Å²) in [5.74, 6) is -0.384. The van der Waals surface area contributed by atoms with Gasteiger partial charge >= 0.3 is 0 Å². The number of aromatic nitrogens is 1. The first-order valence-electron chi connectivity index (χ1n) is 7.47. The standard InChI is InChI=1S/C16H19BrN4O3S/c1-10-3-4-13(11(2)7-10)21-15(22)5-6-20-25(23,24)14-8-12(17)9-19-16(14)18/h3-4,7-9,20H,5-6H2,1-2H3,(H2,18,19)(H,21,22). The van der Waals surface area contributed by atoms with Gasteiger partial charge in [-0.1, -0.05) is 17.7 Å². The van der Waals surface area contributed by atoms with Gasteiger partial charge in [0.1, 0.15) is 10.7 Å². The summed E-state index contributed by atoms with van der Waals surface area (Å²) >= 11 is 3.15. The van der Waals surface area contributed by atoms with Crippen molar-refractivity contribution in [3.05, 3.63) is 46.1 Å². The molecule has 0 spiro atoms. The van der Waals surface area contributed by atoms with Crippen LogP contribution in [0.25, 0.3) is 0 Å². The highest BCUT2D eigenvalue weighted by Crippen LogP contribution is 2.20. The lowest BCUT2D eigenvalue weighted by Crippen LogP contribution is -2.28. The number of benzene rings is 1. The Labute approximate surface area is 155 Å². The number of nitrogen functional groups attached to an aromatic ring is 1. The zero-order valence-electron chi connectivity index (χ0n) is 13.8. The van der Waals surface area contributed by atoms with Crippen molar-refractivity contribution < 1.29 is 13.2 Å². The van der Waals surface area contributed by atoms with Crippen LogP contribution >= 0.6 is 15.9 Å². The fourth-order valence-electron chi connectivity index (χ4n) is 2.19. The topological polar surface area (TPSA) is 114 Å². The number of hydrogen-bond acceptors (Lipinski definition) is 5. The average Bonchev–Trinajstić information content (AvgIpc) is 2.52. The number of anilines is 2. The number of nitrogens with zero attached hydrogens (tertiary/aromatic N) is 1. The number of pyridine rings is 1. The van der Waals surface area contributed by atoms with Crippen LogP contribution in [0.2, 0.25) is 0 Å². The van der Waals surface area contributed by atoms with Crippen molar-refractivity contribution in [3.8, 4) is 0 Å². The van der Waals surface area contributed by atoms with E-state index in [0.717, 1.165) is 11.1 Å². The molecule has 0 saturated heterocycles. The molecule has 134 valence electrons. The summed E-state index contributed by atoms with van der Waals surface area (Å²) in [6.45, 7) is 3.81. The quantitative estimate of drug-likeness (QED) is 0.655. The molecule has 0 atom stereocenters. The van der Waals surface area contributed by atoms with E-state index < -0.39 is 10.0 Å². The van der Waals surface area contributed by atoms with Gasteiger partial charge in [0.05, 0.1) is 0 Å². The van der Waals surface area contributed by atoms with Gasteiger partial charge in [0.25, 0.3) is 0 Å². The molecule has 0 aliphatic rings. The molecule has 0 bridgehead atoms. The summed E-state index contributed by atoms with van der Waals surface area (Å²) in [6, 6.07) is 7.04. The molecule has 25 heavy (non-hydrogen) atoms. The van der Waals surface area contributed by atoms with Crippen molar-refractivity contribution in [2.24, 2.45) is 0 Å². The third kappa shape index (κ3) is 5.25. The van der Waals surface area contributed by atoms with Gasteiger partial charge in [-0.25, -0.2) is 18.1 Å². The normalized spacial score (nSPS) is 11.3. The first-order valence-corrected chi connectivity index (χ1v) is 9.74. The van der Waals surface area contributed by atoms with Gasteiger partial charge in [-0.05, 0) is 47.5 Å². The maximum absolute atomic E-state index is 12.3. The highest BCUT2D eigenvalue weighted by atomic mass is 79.9. The smallest absolute Gasteiger partial charge is 0.244 e. The van der Waals surface area contributed by atoms with E-state index in [1.165, 1.54) is 12.3 Å². The summed E-state index contributed by atoms with van der Waals surface area (Å²) < 4.78 is 27.4. The zero-order valence-corrected chi connectivity index (χ0v) is 16.2. The summed E-state index contributed by atoms with van der Waals surface area (Å²) in [7, 11) is -3.84. The minimum atomic E-state index is -3.84. The highest BCUT2D eigenvalue weighted by molar-refractivity contribution is 9.10. The van der Waals surface area contributed by atoms with Gasteiger partial charge in [0.2, 0.25) is 15.9 Å². The minimum absolute atomic E-state index is 0.00607. The molecule has 0 radical (unpaired) electrons. The van der Waals surface area contributed by atoms with E-state index in [-0.39, 0.29) is 29.6 Å². The van der Waals surface area contributed by atoms with E-state index in [0.29, 0.717) is 10.2 Å². The lowest BCUT2D eigenvalue weighted by atomic mass is 10.1. The number of carbonyl (C=O) groups excluding carboxylic acids is 1. The van der Waals surface area contributed by atoms with Crippen molar-refractivity contribution in [2.45, 2.75) is 25.2 Å². The first kappa shape index (κ1) is 19.4. The minimum Gasteiger partial charge on any atom is -0.383 e. The largest absolute Gasteiger partial charge is 0.383 e. The van der Waals surface area contributed by atoms with Gasteiger partial charge in [-0.3, -0.25) is 4.79 Å². The molecule has 1 aromatic carbocycles. The Morgan fingerprint density at radius 1 is 1.28 bits per heavy atom. The Morgan fingerprint density at radius 2 is 2.00 bits per heavy atom. The highest BCUT2D eigenvalue weighted by Gasteiger charge is 2.19. The van der Waals surface area contributed by atoms with Gasteiger partial charge < -0.3 is 11.1 Å². The lowest BCUT2D eigenvalue weighted by Gasteiger charge is -2.11. The lowest BCUT2D eigenvalue weighted by molar-refractivity contribution is -0.116. The van der Waals surface area contributed by atoms with Crippen LogP contribution in [-0.2, 0) is 14.8 Å². The maximum atomic E-state index is 12.3. The number of rotatable bonds is 6. The molecule has 9 heteroatoms. The van der Waals surface area contributed by atoms with Crippen molar-refractivity contribution >= 4 is 43.4 Å². The van der Waals surface area contributed by atoms with E-state index in [1.54, 1.807) is 0 Å². The zero-order chi connectivity index (χ0) is 18.6. The SMILES string of the molecule is Cc1ccc(NC(=O)CCNS(=O)(=O)c2cc(Br)cnc2N)c(C)c1. The molecular weight excluding hydrogens is 408 g/mol. The van der Waals surface area contributed by atoms with E-state index in [1.807, 2.05) is 32.0 Å². The Morgan fingerprint density at radius 3 is 2.68 bits per heavy atom. The fraction of sp³-hybridized carbons (Fsp3) is 0.250. The Hall–Kier alpha value is -1.97. The van der Waals surface area contributed by atoms with Crippen molar-refractivity contribution in [1.82, 2.24) is 9.71 Å². The maximum Gasteiger partial charge on any atom is 0.244 e. The number of nitrogens with one attached hydrogen (secondary N) is 2. The second-order valence-electron chi connectivity index (χ2n) is 5.55. The molecule has 4 N–H and O–H groups in total. The van der Waals surface area contributed by atoms with E-state index >= 15 is 0 Å². The number of nitrogens with two attached hydrogens (primary N) is 1. The molecule has 1 aromatic heterocycles. The molecule has 0 unspecified atom stereocenters. The van der Waals surface area contributed by atoms with Gasteiger partial charge in [-0.2, -0.15) is 0 Å². The molecule has 2 rings (SSSR count). The average molecular weight is 427 g/mol. The van der Waals surface area contributed by atoms with Crippen LogP contribution in [0.15, 0.2) is 39.8 Å². The van der Waals surface area contributed by atoms with Gasteiger partial charge in [0.15, 0.2) is 0 Å². The molecular formula is C16H19BrN4O3S. The third-order valence-corrected chi connectivity index (χ3v) is 5.36.